The van der Waals surface area contributed by atoms with E-state index in [2.05, 4.69) is 22.5 Å². The van der Waals surface area contributed by atoms with Gasteiger partial charge in [-0.3, -0.25) is 10.1 Å². The predicted octanol–water partition coefficient (Wildman–Crippen LogP) is 2.17. The van der Waals surface area contributed by atoms with Crippen molar-refractivity contribution in [3.63, 3.8) is 0 Å². The number of nitrogens with one attached hydrogen (secondary N) is 2. The van der Waals surface area contributed by atoms with Crippen LogP contribution in [0.1, 0.15) is 19.8 Å². The number of anilines is 1. The SMILES string of the molecule is CCn1c(NC(=O)C2CCCN2)nc2ccccc21.Cl. The first kappa shape index (κ1) is 14.8. The molecular weight excluding hydrogens is 276 g/mol. The number of rotatable bonds is 3. The molecule has 1 aromatic heterocycles. The summed E-state index contributed by atoms with van der Waals surface area (Å²) in [4.78, 5) is 16.6. The molecule has 0 bridgehead atoms. The summed E-state index contributed by atoms with van der Waals surface area (Å²) in [5, 5.41) is 6.14. The summed E-state index contributed by atoms with van der Waals surface area (Å²) < 4.78 is 2.03. The number of hydrogen-bond donors (Lipinski definition) is 2. The number of halogens is 1. The third-order valence-electron chi connectivity index (χ3n) is 3.58. The molecule has 5 nitrogen and oxygen atoms in total. The van der Waals surface area contributed by atoms with Gasteiger partial charge in [0.1, 0.15) is 0 Å². The third-order valence-corrected chi connectivity index (χ3v) is 3.58. The Labute approximate surface area is 124 Å². The molecule has 0 spiro atoms. The van der Waals surface area contributed by atoms with E-state index in [-0.39, 0.29) is 24.4 Å². The van der Waals surface area contributed by atoms with Crippen LogP contribution in [0.2, 0.25) is 0 Å². The van der Waals surface area contributed by atoms with Crippen LogP contribution in [0.25, 0.3) is 11.0 Å². The number of imidazole rings is 1. The zero-order valence-electron chi connectivity index (χ0n) is 11.4. The van der Waals surface area contributed by atoms with E-state index in [1.54, 1.807) is 0 Å². The highest BCUT2D eigenvalue weighted by Gasteiger charge is 2.23. The Bertz CT molecular complexity index is 604. The van der Waals surface area contributed by atoms with E-state index in [1.165, 1.54) is 0 Å². The summed E-state index contributed by atoms with van der Waals surface area (Å²) >= 11 is 0. The molecule has 0 radical (unpaired) electrons. The van der Waals surface area contributed by atoms with E-state index in [1.807, 2.05) is 28.8 Å². The number of carbonyl (C=O) groups is 1. The summed E-state index contributed by atoms with van der Waals surface area (Å²) in [6, 6.07) is 7.85. The maximum atomic E-state index is 12.1. The van der Waals surface area contributed by atoms with E-state index < -0.39 is 0 Å². The van der Waals surface area contributed by atoms with E-state index in [9.17, 15) is 4.79 Å². The monoisotopic (exact) mass is 294 g/mol. The molecule has 2 heterocycles. The molecule has 1 unspecified atom stereocenters. The second-order valence-corrected chi connectivity index (χ2v) is 4.81. The summed E-state index contributed by atoms with van der Waals surface area (Å²) in [6.07, 6.45) is 1.96. The molecule has 2 N–H and O–H groups in total. The van der Waals surface area contributed by atoms with Gasteiger partial charge in [-0.25, -0.2) is 4.98 Å². The number of fused-ring (bicyclic) bond motifs is 1. The van der Waals surface area contributed by atoms with Crippen molar-refractivity contribution >= 4 is 35.3 Å². The van der Waals surface area contributed by atoms with Crippen LogP contribution in [-0.4, -0.2) is 28.0 Å². The molecular formula is C14H19ClN4O. The van der Waals surface area contributed by atoms with Gasteiger partial charge < -0.3 is 9.88 Å². The topological polar surface area (TPSA) is 59.0 Å². The number of hydrogen-bond acceptors (Lipinski definition) is 3. The van der Waals surface area contributed by atoms with Crippen LogP contribution in [-0.2, 0) is 11.3 Å². The van der Waals surface area contributed by atoms with Gasteiger partial charge in [-0.1, -0.05) is 12.1 Å². The minimum atomic E-state index is -0.0786. The van der Waals surface area contributed by atoms with Crippen molar-refractivity contribution in [1.82, 2.24) is 14.9 Å². The lowest BCUT2D eigenvalue weighted by molar-refractivity contribution is -0.117. The first-order valence-electron chi connectivity index (χ1n) is 6.79. The number of para-hydroxylation sites is 2. The van der Waals surface area contributed by atoms with Crippen LogP contribution in [0.3, 0.4) is 0 Å². The fourth-order valence-corrected chi connectivity index (χ4v) is 2.60. The van der Waals surface area contributed by atoms with Gasteiger partial charge in [-0.15, -0.1) is 12.4 Å². The number of carbonyl (C=O) groups excluding carboxylic acids is 1. The van der Waals surface area contributed by atoms with E-state index >= 15 is 0 Å². The molecule has 0 aliphatic carbocycles. The van der Waals surface area contributed by atoms with E-state index in [0.29, 0.717) is 5.95 Å². The van der Waals surface area contributed by atoms with Gasteiger partial charge in [0.05, 0.1) is 17.1 Å². The normalized spacial score (nSPS) is 17.9. The van der Waals surface area contributed by atoms with Crippen LogP contribution in [0.15, 0.2) is 24.3 Å². The Balaban J connectivity index is 0.00000147. The Kier molecular flexibility index (Phi) is 4.62. The first-order valence-corrected chi connectivity index (χ1v) is 6.79. The number of aromatic nitrogens is 2. The molecule has 1 aliphatic heterocycles. The molecule has 2 aromatic rings. The lowest BCUT2D eigenvalue weighted by Crippen LogP contribution is -2.36. The molecule has 1 aliphatic rings. The van der Waals surface area contributed by atoms with Crippen LogP contribution in [0.4, 0.5) is 5.95 Å². The second kappa shape index (κ2) is 6.24. The highest BCUT2D eigenvalue weighted by atomic mass is 35.5. The highest BCUT2D eigenvalue weighted by molar-refractivity contribution is 5.95. The van der Waals surface area contributed by atoms with Crippen molar-refractivity contribution in [2.75, 3.05) is 11.9 Å². The van der Waals surface area contributed by atoms with Crippen molar-refractivity contribution in [1.29, 1.82) is 0 Å². The van der Waals surface area contributed by atoms with Crippen LogP contribution in [0, 0.1) is 0 Å². The quantitative estimate of drug-likeness (QED) is 0.912. The van der Waals surface area contributed by atoms with Gasteiger partial charge in [0.25, 0.3) is 0 Å². The van der Waals surface area contributed by atoms with Crippen LogP contribution in [0.5, 0.6) is 0 Å². The van der Waals surface area contributed by atoms with Gasteiger partial charge in [0.15, 0.2) is 0 Å². The molecule has 108 valence electrons. The Morgan fingerprint density at radius 1 is 1.50 bits per heavy atom. The molecule has 0 saturated carbocycles. The fraction of sp³-hybridized carbons (Fsp3) is 0.429. The molecule has 6 heteroatoms. The van der Waals surface area contributed by atoms with Crippen molar-refractivity contribution < 1.29 is 4.79 Å². The average Bonchev–Trinajstić information content (AvgIpc) is 3.05. The summed E-state index contributed by atoms with van der Waals surface area (Å²) in [7, 11) is 0. The molecule has 1 aromatic carbocycles. The van der Waals surface area contributed by atoms with Gasteiger partial charge >= 0.3 is 0 Å². The number of benzene rings is 1. The maximum Gasteiger partial charge on any atom is 0.243 e. The van der Waals surface area contributed by atoms with Crippen molar-refractivity contribution in [3.8, 4) is 0 Å². The Morgan fingerprint density at radius 3 is 3.00 bits per heavy atom. The number of amides is 1. The predicted molar refractivity (Wildman–Crippen MR) is 82.3 cm³/mol. The van der Waals surface area contributed by atoms with Gasteiger partial charge in [-0.05, 0) is 38.4 Å². The van der Waals surface area contributed by atoms with Gasteiger partial charge in [-0.2, -0.15) is 0 Å². The summed E-state index contributed by atoms with van der Waals surface area (Å²) in [5.41, 5.74) is 1.97. The largest absolute Gasteiger partial charge is 0.310 e. The molecule has 1 fully saturated rings. The van der Waals surface area contributed by atoms with Gasteiger partial charge in [0, 0.05) is 6.54 Å². The molecule has 1 saturated heterocycles. The van der Waals surface area contributed by atoms with Crippen molar-refractivity contribution in [2.45, 2.75) is 32.4 Å². The zero-order chi connectivity index (χ0) is 13.2. The van der Waals surface area contributed by atoms with E-state index in [4.69, 9.17) is 0 Å². The zero-order valence-corrected chi connectivity index (χ0v) is 12.2. The summed E-state index contributed by atoms with van der Waals surface area (Å²) in [6.45, 7) is 3.76. The lowest BCUT2D eigenvalue weighted by Gasteiger charge is -2.11. The molecule has 20 heavy (non-hydrogen) atoms. The first-order chi connectivity index (χ1) is 9.29. The number of nitrogens with zero attached hydrogens (tertiary/aromatic N) is 2. The summed E-state index contributed by atoms with van der Waals surface area (Å²) in [5.74, 6) is 0.657. The second-order valence-electron chi connectivity index (χ2n) is 4.81. The molecule has 1 atom stereocenters. The van der Waals surface area contributed by atoms with Crippen LogP contribution >= 0.6 is 12.4 Å². The maximum absolute atomic E-state index is 12.1. The Hall–Kier alpha value is -1.59. The smallest absolute Gasteiger partial charge is 0.243 e. The van der Waals surface area contributed by atoms with E-state index in [0.717, 1.165) is 37.0 Å². The highest BCUT2D eigenvalue weighted by Crippen LogP contribution is 2.19. The molecule has 3 rings (SSSR count). The fourth-order valence-electron chi connectivity index (χ4n) is 2.60. The minimum Gasteiger partial charge on any atom is -0.310 e. The third kappa shape index (κ3) is 2.64. The standard InChI is InChI=1S/C14H18N4O.ClH/c1-2-18-12-8-4-3-6-10(12)16-14(18)17-13(19)11-7-5-9-15-11;/h3-4,6,8,11,15H,2,5,7,9H2,1H3,(H,16,17,19);1H. The Morgan fingerprint density at radius 2 is 2.30 bits per heavy atom. The lowest BCUT2D eigenvalue weighted by atomic mass is 10.2. The van der Waals surface area contributed by atoms with Gasteiger partial charge in [0.2, 0.25) is 11.9 Å². The average molecular weight is 295 g/mol. The number of aryl methyl sites for hydroxylation is 1. The minimum absolute atomic E-state index is 0. The van der Waals surface area contributed by atoms with Crippen molar-refractivity contribution in [2.24, 2.45) is 0 Å². The van der Waals surface area contributed by atoms with Crippen LogP contribution < -0.4 is 10.6 Å². The van der Waals surface area contributed by atoms with Crippen molar-refractivity contribution in [3.05, 3.63) is 24.3 Å². The molecule has 1 amide bonds.